The van der Waals surface area contributed by atoms with Gasteiger partial charge in [-0.3, -0.25) is 10.1 Å². The van der Waals surface area contributed by atoms with Gasteiger partial charge in [0, 0.05) is 12.6 Å². The minimum absolute atomic E-state index is 0.0337. The molecule has 98 valence electrons. The molecule has 0 saturated carbocycles. The largest absolute Gasteiger partial charge is 0.379 e. The van der Waals surface area contributed by atoms with E-state index in [4.69, 9.17) is 16.3 Å². The first-order valence-corrected chi connectivity index (χ1v) is 5.90. The maximum atomic E-state index is 10.8. The van der Waals surface area contributed by atoms with Crippen LogP contribution in [0.4, 0.5) is 11.4 Å². The Morgan fingerprint density at radius 2 is 2.28 bits per heavy atom. The summed E-state index contributed by atoms with van der Waals surface area (Å²) in [6, 6.07) is 4.56. The number of nitro benzene ring substituents is 1. The van der Waals surface area contributed by atoms with Crippen molar-refractivity contribution in [1.29, 1.82) is 0 Å². The molecule has 0 unspecified atom stereocenters. The van der Waals surface area contributed by atoms with E-state index in [0.29, 0.717) is 30.5 Å². The Kier molecular flexibility index (Phi) is 6.18. The van der Waals surface area contributed by atoms with Crippen molar-refractivity contribution in [3.63, 3.8) is 0 Å². The predicted octanol–water partition coefficient (Wildman–Crippen LogP) is 3.25. The van der Waals surface area contributed by atoms with Gasteiger partial charge in [-0.1, -0.05) is 23.7 Å². The lowest BCUT2D eigenvalue weighted by atomic mass is 10.2. The summed E-state index contributed by atoms with van der Waals surface area (Å²) in [4.78, 5) is 10.3. The molecule has 0 radical (unpaired) electrons. The molecule has 1 aromatic carbocycles. The van der Waals surface area contributed by atoms with Crippen molar-refractivity contribution < 1.29 is 9.66 Å². The molecule has 1 N–H and O–H groups in total. The Morgan fingerprint density at radius 3 is 2.94 bits per heavy atom. The number of nitrogens with zero attached hydrogens (tertiary/aromatic N) is 1. The van der Waals surface area contributed by atoms with Crippen molar-refractivity contribution in [1.82, 2.24) is 0 Å². The molecule has 0 aliphatic rings. The highest BCUT2D eigenvalue weighted by molar-refractivity contribution is 6.33. The highest BCUT2D eigenvalue weighted by atomic mass is 35.5. The molecule has 0 saturated heterocycles. The average molecular weight is 271 g/mol. The van der Waals surface area contributed by atoms with Gasteiger partial charge in [-0.05, 0) is 12.5 Å². The molecule has 0 amide bonds. The highest BCUT2D eigenvalue weighted by Gasteiger charge is 2.15. The number of anilines is 1. The summed E-state index contributed by atoms with van der Waals surface area (Å²) in [5.74, 6) is 0. The van der Waals surface area contributed by atoms with Crippen LogP contribution < -0.4 is 5.32 Å². The van der Waals surface area contributed by atoms with E-state index >= 15 is 0 Å². The lowest BCUT2D eigenvalue weighted by Crippen LogP contribution is -2.11. The van der Waals surface area contributed by atoms with E-state index in [1.807, 2.05) is 0 Å². The van der Waals surface area contributed by atoms with Crippen molar-refractivity contribution in [2.45, 2.75) is 6.42 Å². The first-order chi connectivity index (χ1) is 8.66. The molecule has 0 atom stereocenters. The Hall–Kier alpha value is -1.59. The number of para-hydroxylation sites is 1. The van der Waals surface area contributed by atoms with Crippen LogP contribution in [0.25, 0.3) is 0 Å². The molecule has 0 aliphatic carbocycles. The van der Waals surface area contributed by atoms with Crippen LogP contribution in [0.5, 0.6) is 0 Å². The highest BCUT2D eigenvalue weighted by Crippen LogP contribution is 2.31. The van der Waals surface area contributed by atoms with E-state index in [2.05, 4.69) is 11.9 Å². The molecule has 5 nitrogen and oxygen atoms in total. The zero-order valence-corrected chi connectivity index (χ0v) is 10.7. The van der Waals surface area contributed by atoms with Crippen LogP contribution in [-0.4, -0.2) is 24.7 Å². The number of hydrogen-bond donors (Lipinski definition) is 1. The van der Waals surface area contributed by atoms with Gasteiger partial charge in [0.15, 0.2) is 0 Å². The van der Waals surface area contributed by atoms with E-state index in [9.17, 15) is 10.1 Å². The maximum absolute atomic E-state index is 10.8. The van der Waals surface area contributed by atoms with Gasteiger partial charge in [-0.15, -0.1) is 6.58 Å². The number of ether oxygens (including phenoxy) is 1. The molecule has 0 aromatic heterocycles. The minimum Gasteiger partial charge on any atom is -0.379 e. The van der Waals surface area contributed by atoms with E-state index in [1.54, 1.807) is 18.2 Å². The van der Waals surface area contributed by atoms with Crippen LogP contribution in [-0.2, 0) is 4.74 Å². The summed E-state index contributed by atoms with van der Waals surface area (Å²) < 4.78 is 5.29. The second-order valence-corrected chi connectivity index (χ2v) is 3.91. The van der Waals surface area contributed by atoms with Gasteiger partial charge in [0.1, 0.15) is 5.69 Å². The fourth-order valence-electron chi connectivity index (χ4n) is 1.36. The molecular formula is C12H15ClN2O3. The molecule has 6 heteroatoms. The van der Waals surface area contributed by atoms with Gasteiger partial charge >= 0.3 is 0 Å². The van der Waals surface area contributed by atoms with E-state index in [1.165, 1.54) is 6.07 Å². The SMILES string of the molecule is C=CCCOCCNc1c(Cl)cccc1[N+](=O)[O-]. The van der Waals surface area contributed by atoms with Gasteiger partial charge in [-0.25, -0.2) is 0 Å². The van der Waals surface area contributed by atoms with Gasteiger partial charge in [0.05, 0.1) is 23.2 Å². The second-order valence-electron chi connectivity index (χ2n) is 3.51. The van der Waals surface area contributed by atoms with Crippen LogP contribution in [0.2, 0.25) is 5.02 Å². The Labute approximate surface area is 111 Å². The number of benzene rings is 1. The zero-order chi connectivity index (χ0) is 13.4. The number of hydrogen-bond acceptors (Lipinski definition) is 4. The number of nitrogens with one attached hydrogen (secondary N) is 1. The predicted molar refractivity (Wildman–Crippen MR) is 72.2 cm³/mol. The monoisotopic (exact) mass is 270 g/mol. The third-order valence-electron chi connectivity index (χ3n) is 2.20. The molecule has 1 aromatic rings. The molecular weight excluding hydrogens is 256 g/mol. The topological polar surface area (TPSA) is 64.4 Å². The van der Waals surface area contributed by atoms with Crippen molar-refractivity contribution in [3.05, 3.63) is 46.0 Å². The van der Waals surface area contributed by atoms with Crippen LogP contribution in [0.1, 0.15) is 6.42 Å². The molecule has 1 rings (SSSR count). The van der Waals surface area contributed by atoms with Crippen LogP contribution in [0.15, 0.2) is 30.9 Å². The quantitative estimate of drug-likeness (QED) is 0.341. The molecule has 18 heavy (non-hydrogen) atoms. The minimum atomic E-state index is -0.465. The third-order valence-corrected chi connectivity index (χ3v) is 2.52. The summed E-state index contributed by atoms with van der Waals surface area (Å²) in [6.45, 7) is 5.09. The Morgan fingerprint density at radius 1 is 1.50 bits per heavy atom. The summed E-state index contributed by atoms with van der Waals surface area (Å²) in [6.07, 6.45) is 2.55. The second kappa shape index (κ2) is 7.68. The summed E-state index contributed by atoms with van der Waals surface area (Å²) in [5, 5.41) is 14.1. The van der Waals surface area contributed by atoms with Gasteiger partial charge in [-0.2, -0.15) is 0 Å². The van der Waals surface area contributed by atoms with Gasteiger partial charge in [0.25, 0.3) is 5.69 Å². The summed E-state index contributed by atoms with van der Waals surface area (Å²) in [7, 11) is 0. The van der Waals surface area contributed by atoms with Crippen molar-refractivity contribution in [2.24, 2.45) is 0 Å². The van der Waals surface area contributed by atoms with Crippen molar-refractivity contribution in [2.75, 3.05) is 25.1 Å². The van der Waals surface area contributed by atoms with Crippen LogP contribution in [0, 0.1) is 10.1 Å². The molecule has 0 bridgehead atoms. The first-order valence-electron chi connectivity index (χ1n) is 5.52. The van der Waals surface area contributed by atoms with E-state index < -0.39 is 4.92 Å². The Bertz CT molecular complexity index is 424. The third kappa shape index (κ3) is 4.35. The fraction of sp³-hybridized carbons (Fsp3) is 0.333. The van der Waals surface area contributed by atoms with Crippen LogP contribution >= 0.6 is 11.6 Å². The number of nitro groups is 1. The normalized spacial score (nSPS) is 10.1. The van der Waals surface area contributed by atoms with Crippen LogP contribution in [0.3, 0.4) is 0 Å². The Balaban J connectivity index is 2.51. The average Bonchev–Trinajstić information content (AvgIpc) is 2.34. The van der Waals surface area contributed by atoms with Gasteiger partial charge < -0.3 is 10.1 Å². The number of rotatable bonds is 8. The van der Waals surface area contributed by atoms with Gasteiger partial charge in [0.2, 0.25) is 0 Å². The molecule has 0 aliphatic heterocycles. The first kappa shape index (κ1) is 14.5. The number of halogens is 1. The zero-order valence-electron chi connectivity index (χ0n) is 9.89. The van der Waals surface area contributed by atoms with Crippen molar-refractivity contribution >= 4 is 23.0 Å². The molecule has 0 spiro atoms. The molecule has 0 heterocycles. The van der Waals surface area contributed by atoms with E-state index in [-0.39, 0.29) is 5.69 Å². The fourth-order valence-corrected chi connectivity index (χ4v) is 1.59. The lowest BCUT2D eigenvalue weighted by Gasteiger charge is -2.08. The summed E-state index contributed by atoms with van der Waals surface area (Å²) in [5.41, 5.74) is 0.296. The van der Waals surface area contributed by atoms with Crippen molar-refractivity contribution in [3.8, 4) is 0 Å². The van der Waals surface area contributed by atoms with E-state index in [0.717, 1.165) is 6.42 Å². The standard InChI is InChI=1S/C12H15ClN2O3/c1-2-3-8-18-9-7-14-12-10(13)5-4-6-11(12)15(16)17/h2,4-6,14H,1,3,7-9H2. The maximum Gasteiger partial charge on any atom is 0.293 e. The lowest BCUT2D eigenvalue weighted by molar-refractivity contribution is -0.383. The smallest absolute Gasteiger partial charge is 0.293 e. The molecule has 0 fully saturated rings. The summed E-state index contributed by atoms with van der Waals surface area (Å²) >= 11 is 5.91.